The smallest absolute Gasteiger partial charge is 0.0538 e. The molecule has 1 aromatic heterocycles. The highest BCUT2D eigenvalue weighted by Crippen LogP contribution is 2.36. The van der Waals surface area contributed by atoms with E-state index in [4.69, 9.17) is 5.73 Å². The molecular formula is C13H24N4. The minimum atomic E-state index is 0.160. The summed E-state index contributed by atoms with van der Waals surface area (Å²) in [6.45, 7) is 10.9. The second-order valence-electron chi connectivity index (χ2n) is 5.89. The van der Waals surface area contributed by atoms with Crippen LogP contribution in [0.3, 0.4) is 0 Å². The second-order valence-corrected chi connectivity index (χ2v) is 5.89. The Balaban J connectivity index is 2.27. The third kappa shape index (κ3) is 2.38. The van der Waals surface area contributed by atoms with E-state index >= 15 is 0 Å². The summed E-state index contributed by atoms with van der Waals surface area (Å²) in [5, 5.41) is 4.36. The molecule has 2 atom stereocenters. The van der Waals surface area contributed by atoms with Gasteiger partial charge >= 0.3 is 0 Å². The fourth-order valence-corrected chi connectivity index (χ4v) is 2.70. The van der Waals surface area contributed by atoms with Crippen molar-refractivity contribution >= 4 is 0 Å². The molecule has 1 aromatic rings. The molecule has 0 aromatic carbocycles. The average Bonchev–Trinajstić information content (AvgIpc) is 2.81. The number of nitrogens with two attached hydrogens (primary N) is 1. The summed E-state index contributed by atoms with van der Waals surface area (Å²) in [6.07, 6.45) is 5.17. The van der Waals surface area contributed by atoms with Gasteiger partial charge in [-0.2, -0.15) is 5.10 Å². The highest BCUT2D eigenvalue weighted by molar-refractivity contribution is 5.17. The van der Waals surface area contributed by atoms with Gasteiger partial charge in [0.1, 0.15) is 0 Å². The lowest BCUT2D eigenvalue weighted by molar-refractivity contribution is 0.117. The molecule has 2 rings (SSSR count). The van der Waals surface area contributed by atoms with Crippen LogP contribution in [0.4, 0.5) is 0 Å². The predicted molar refractivity (Wildman–Crippen MR) is 69.7 cm³/mol. The third-order valence-electron chi connectivity index (χ3n) is 3.63. The molecule has 1 aliphatic rings. The zero-order valence-corrected chi connectivity index (χ0v) is 11.3. The van der Waals surface area contributed by atoms with E-state index in [0.29, 0.717) is 6.04 Å². The van der Waals surface area contributed by atoms with Crippen LogP contribution in [0, 0.1) is 0 Å². The molecule has 0 aliphatic carbocycles. The number of hydrogen-bond acceptors (Lipinski definition) is 3. The van der Waals surface area contributed by atoms with Crippen LogP contribution in [0.15, 0.2) is 12.4 Å². The Kier molecular flexibility index (Phi) is 3.27. The van der Waals surface area contributed by atoms with Gasteiger partial charge in [0.25, 0.3) is 0 Å². The molecule has 2 unspecified atom stereocenters. The van der Waals surface area contributed by atoms with Gasteiger partial charge < -0.3 is 5.73 Å². The van der Waals surface area contributed by atoms with Gasteiger partial charge in [0.15, 0.2) is 0 Å². The van der Waals surface area contributed by atoms with E-state index in [1.165, 1.54) is 5.56 Å². The zero-order valence-electron chi connectivity index (χ0n) is 11.3. The minimum Gasteiger partial charge on any atom is -0.326 e. The fourth-order valence-electron chi connectivity index (χ4n) is 2.70. The Hall–Kier alpha value is -0.870. The van der Waals surface area contributed by atoms with E-state index in [2.05, 4.69) is 43.9 Å². The normalized spacial score (nSPS) is 26.6. The van der Waals surface area contributed by atoms with Crippen molar-refractivity contribution in [1.82, 2.24) is 14.7 Å². The molecule has 0 spiro atoms. The Morgan fingerprint density at radius 3 is 2.71 bits per heavy atom. The van der Waals surface area contributed by atoms with Gasteiger partial charge in [-0.3, -0.25) is 9.58 Å². The molecule has 0 bridgehead atoms. The van der Waals surface area contributed by atoms with Crippen LogP contribution in [0.5, 0.6) is 0 Å². The van der Waals surface area contributed by atoms with Crippen molar-refractivity contribution in [2.75, 3.05) is 6.54 Å². The van der Waals surface area contributed by atoms with E-state index in [1.54, 1.807) is 0 Å². The molecule has 17 heavy (non-hydrogen) atoms. The van der Waals surface area contributed by atoms with Gasteiger partial charge in [0.05, 0.1) is 12.2 Å². The lowest BCUT2D eigenvalue weighted by Gasteiger charge is -2.37. The van der Waals surface area contributed by atoms with Crippen molar-refractivity contribution < 1.29 is 0 Å². The summed E-state index contributed by atoms with van der Waals surface area (Å²) in [4.78, 5) is 2.49. The van der Waals surface area contributed by atoms with Gasteiger partial charge in [0.2, 0.25) is 0 Å². The predicted octanol–water partition coefficient (Wildman–Crippen LogP) is 1.78. The molecule has 4 heteroatoms. The molecule has 96 valence electrons. The quantitative estimate of drug-likeness (QED) is 0.851. The highest BCUT2D eigenvalue weighted by atomic mass is 15.3. The number of nitrogens with zero attached hydrogens (tertiary/aromatic N) is 3. The van der Waals surface area contributed by atoms with Gasteiger partial charge in [-0.15, -0.1) is 0 Å². The topological polar surface area (TPSA) is 47.1 Å². The van der Waals surface area contributed by atoms with Crippen LogP contribution in [0.2, 0.25) is 0 Å². The van der Waals surface area contributed by atoms with Crippen LogP contribution >= 0.6 is 0 Å². The van der Waals surface area contributed by atoms with Crippen molar-refractivity contribution in [3.63, 3.8) is 0 Å². The van der Waals surface area contributed by atoms with Crippen LogP contribution < -0.4 is 5.73 Å². The lowest BCUT2D eigenvalue weighted by atomic mass is 9.99. The molecule has 2 N–H and O–H groups in total. The average molecular weight is 236 g/mol. The number of likely N-dealkylation sites (tertiary alicyclic amines) is 1. The van der Waals surface area contributed by atoms with E-state index in [9.17, 15) is 0 Å². The van der Waals surface area contributed by atoms with Crippen molar-refractivity contribution in [3.8, 4) is 0 Å². The first-order chi connectivity index (χ1) is 7.93. The molecule has 1 saturated heterocycles. The first-order valence-corrected chi connectivity index (χ1v) is 6.48. The standard InChI is InChI=1S/C13H24N4/c1-5-16-9-10(8-15-16)12-11(14)6-7-17(12)13(2,3)4/h8-9,11-12H,5-7,14H2,1-4H3. The van der Waals surface area contributed by atoms with Crippen molar-refractivity contribution in [1.29, 1.82) is 0 Å². The van der Waals surface area contributed by atoms with E-state index in [-0.39, 0.29) is 11.6 Å². The lowest BCUT2D eigenvalue weighted by Crippen LogP contribution is -2.43. The van der Waals surface area contributed by atoms with Crippen molar-refractivity contribution in [2.24, 2.45) is 5.73 Å². The fraction of sp³-hybridized carbons (Fsp3) is 0.769. The maximum absolute atomic E-state index is 6.27. The summed E-state index contributed by atoms with van der Waals surface area (Å²) < 4.78 is 1.97. The maximum atomic E-state index is 6.27. The van der Waals surface area contributed by atoms with Crippen LogP contribution in [-0.4, -0.2) is 32.8 Å². The van der Waals surface area contributed by atoms with Gasteiger partial charge in [-0.05, 0) is 34.1 Å². The Morgan fingerprint density at radius 1 is 1.47 bits per heavy atom. The summed E-state index contributed by atoms with van der Waals surface area (Å²) >= 11 is 0. The minimum absolute atomic E-state index is 0.160. The first-order valence-electron chi connectivity index (χ1n) is 6.48. The summed E-state index contributed by atoms with van der Waals surface area (Å²) in [5.74, 6) is 0. The van der Waals surface area contributed by atoms with E-state index < -0.39 is 0 Å². The summed E-state index contributed by atoms with van der Waals surface area (Å²) in [7, 11) is 0. The number of hydrogen-bond donors (Lipinski definition) is 1. The van der Waals surface area contributed by atoms with Gasteiger partial charge in [-0.1, -0.05) is 0 Å². The second kappa shape index (κ2) is 4.42. The van der Waals surface area contributed by atoms with Gasteiger partial charge in [-0.25, -0.2) is 0 Å². The van der Waals surface area contributed by atoms with Crippen LogP contribution in [0.25, 0.3) is 0 Å². The molecule has 0 radical (unpaired) electrons. The highest BCUT2D eigenvalue weighted by Gasteiger charge is 2.39. The monoisotopic (exact) mass is 236 g/mol. The van der Waals surface area contributed by atoms with Crippen molar-refractivity contribution in [3.05, 3.63) is 18.0 Å². The molecule has 0 saturated carbocycles. The van der Waals surface area contributed by atoms with E-state index in [0.717, 1.165) is 19.5 Å². The number of aromatic nitrogens is 2. The number of aryl methyl sites for hydroxylation is 1. The Bertz CT molecular complexity index is 377. The molecule has 2 heterocycles. The Labute approximate surface area is 104 Å². The molecule has 0 amide bonds. The largest absolute Gasteiger partial charge is 0.326 e. The number of rotatable bonds is 2. The zero-order chi connectivity index (χ0) is 12.6. The molecule has 4 nitrogen and oxygen atoms in total. The SMILES string of the molecule is CCn1cc(C2C(N)CCN2C(C)(C)C)cn1. The Morgan fingerprint density at radius 2 is 2.18 bits per heavy atom. The van der Waals surface area contributed by atoms with Crippen LogP contribution in [0.1, 0.15) is 45.7 Å². The molecule has 1 fully saturated rings. The maximum Gasteiger partial charge on any atom is 0.0538 e. The van der Waals surface area contributed by atoms with Crippen molar-refractivity contribution in [2.45, 2.75) is 58.3 Å². The first kappa shape index (κ1) is 12.6. The summed E-state index contributed by atoms with van der Waals surface area (Å²) in [6, 6.07) is 0.541. The summed E-state index contributed by atoms with van der Waals surface area (Å²) in [5.41, 5.74) is 7.69. The third-order valence-corrected chi connectivity index (χ3v) is 3.63. The van der Waals surface area contributed by atoms with Gasteiger partial charge in [0, 0.05) is 36.4 Å². The van der Waals surface area contributed by atoms with Crippen LogP contribution in [-0.2, 0) is 6.54 Å². The van der Waals surface area contributed by atoms with E-state index in [1.807, 2.05) is 10.9 Å². The molecule has 1 aliphatic heterocycles. The molecular weight excluding hydrogens is 212 g/mol.